The molecule has 0 fully saturated rings. The van der Waals surface area contributed by atoms with Crippen LogP contribution in [-0.4, -0.2) is 29.8 Å². The van der Waals surface area contributed by atoms with Gasteiger partial charge < -0.3 is 5.73 Å². The average molecular weight is 283 g/mol. The topological polar surface area (TPSA) is 87.4 Å². The summed E-state index contributed by atoms with van der Waals surface area (Å²) in [6.45, 7) is 3.01. The maximum atomic E-state index is 5.95. The Morgan fingerprint density at radius 1 is 1.24 bits per heavy atom. The van der Waals surface area contributed by atoms with Gasteiger partial charge in [-0.15, -0.1) is 5.10 Å². The van der Waals surface area contributed by atoms with Crippen LogP contribution in [0.5, 0.6) is 0 Å². The quantitative estimate of drug-likeness (QED) is 0.772. The molecule has 108 valence electrons. The van der Waals surface area contributed by atoms with Crippen molar-refractivity contribution in [1.82, 2.24) is 29.8 Å². The van der Waals surface area contributed by atoms with E-state index in [9.17, 15) is 0 Å². The average Bonchev–Trinajstić information content (AvgIpc) is 3.16. The van der Waals surface area contributed by atoms with Gasteiger partial charge in [0.2, 0.25) is 0 Å². The second-order valence-electron chi connectivity index (χ2n) is 4.81. The Hall–Kier alpha value is -2.70. The van der Waals surface area contributed by atoms with Crippen LogP contribution in [0.2, 0.25) is 0 Å². The molecule has 0 aliphatic heterocycles. The van der Waals surface area contributed by atoms with Crippen molar-refractivity contribution in [2.45, 2.75) is 26.3 Å². The molecule has 0 saturated heterocycles. The second-order valence-corrected chi connectivity index (χ2v) is 4.81. The van der Waals surface area contributed by atoms with E-state index < -0.39 is 0 Å². The molecule has 3 aromatic heterocycles. The summed E-state index contributed by atoms with van der Waals surface area (Å²) in [5.74, 6) is 0.665. The van der Waals surface area contributed by atoms with E-state index in [4.69, 9.17) is 5.73 Å². The first-order valence-corrected chi connectivity index (χ1v) is 6.94. The summed E-state index contributed by atoms with van der Waals surface area (Å²) < 4.78 is 3.50. The van der Waals surface area contributed by atoms with Crippen molar-refractivity contribution >= 4 is 5.69 Å². The molecule has 3 heterocycles. The molecular formula is C14H17N7. The maximum Gasteiger partial charge on any atom is 0.156 e. The third-order valence-electron chi connectivity index (χ3n) is 3.12. The fourth-order valence-electron chi connectivity index (χ4n) is 2.03. The lowest BCUT2D eigenvalue weighted by atomic mass is 10.2. The molecule has 0 saturated carbocycles. The highest BCUT2D eigenvalue weighted by Crippen LogP contribution is 2.19. The number of rotatable bonds is 5. The van der Waals surface area contributed by atoms with Crippen LogP contribution in [0, 0.1) is 0 Å². The molecule has 3 aromatic rings. The van der Waals surface area contributed by atoms with Crippen molar-refractivity contribution < 1.29 is 0 Å². The highest BCUT2D eigenvalue weighted by molar-refractivity contribution is 5.61. The fourth-order valence-corrected chi connectivity index (χ4v) is 2.03. The lowest BCUT2D eigenvalue weighted by molar-refractivity contribution is 0.553. The number of nitrogens with two attached hydrogens (primary N) is 1. The van der Waals surface area contributed by atoms with E-state index in [-0.39, 0.29) is 0 Å². The first kappa shape index (κ1) is 13.3. The number of anilines is 1. The zero-order chi connectivity index (χ0) is 14.7. The smallest absolute Gasteiger partial charge is 0.156 e. The molecule has 0 bridgehead atoms. The van der Waals surface area contributed by atoms with Gasteiger partial charge in [-0.3, -0.25) is 4.68 Å². The first-order chi connectivity index (χ1) is 10.3. The van der Waals surface area contributed by atoms with Crippen LogP contribution in [-0.2, 0) is 6.54 Å². The third-order valence-corrected chi connectivity index (χ3v) is 3.12. The minimum atomic E-state index is 0.619. The van der Waals surface area contributed by atoms with Crippen molar-refractivity contribution in [3.8, 4) is 17.2 Å². The van der Waals surface area contributed by atoms with Crippen LogP contribution >= 0.6 is 0 Å². The van der Waals surface area contributed by atoms with Gasteiger partial charge in [-0.2, -0.15) is 5.10 Å². The SMILES string of the molecule is CCCCn1cc(-c2cc(N)cc(-n3cccn3)n2)nn1. The molecular weight excluding hydrogens is 266 g/mol. The molecule has 0 spiro atoms. The number of unbranched alkanes of at least 4 members (excludes halogenated alkanes) is 1. The van der Waals surface area contributed by atoms with Crippen LogP contribution in [0.3, 0.4) is 0 Å². The van der Waals surface area contributed by atoms with E-state index >= 15 is 0 Å². The van der Waals surface area contributed by atoms with E-state index in [1.165, 1.54) is 0 Å². The predicted molar refractivity (Wildman–Crippen MR) is 79.7 cm³/mol. The molecule has 0 atom stereocenters. The molecule has 2 N–H and O–H groups in total. The highest BCUT2D eigenvalue weighted by Gasteiger charge is 2.09. The van der Waals surface area contributed by atoms with Crippen LogP contribution in [0.15, 0.2) is 36.8 Å². The van der Waals surface area contributed by atoms with Gasteiger partial charge in [0.05, 0.1) is 11.9 Å². The minimum Gasteiger partial charge on any atom is -0.399 e. The number of pyridine rings is 1. The zero-order valence-electron chi connectivity index (χ0n) is 11.8. The van der Waals surface area contributed by atoms with Crippen LogP contribution in [0.4, 0.5) is 5.69 Å². The van der Waals surface area contributed by atoms with E-state index in [1.807, 2.05) is 23.1 Å². The lowest BCUT2D eigenvalue weighted by Gasteiger charge is -2.04. The first-order valence-electron chi connectivity index (χ1n) is 6.94. The highest BCUT2D eigenvalue weighted by atomic mass is 15.4. The van der Waals surface area contributed by atoms with Crippen molar-refractivity contribution in [1.29, 1.82) is 0 Å². The number of aryl methyl sites for hydroxylation is 1. The van der Waals surface area contributed by atoms with Crippen molar-refractivity contribution in [3.05, 3.63) is 36.8 Å². The number of aromatic nitrogens is 6. The summed E-state index contributed by atoms with van der Waals surface area (Å²) >= 11 is 0. The Morgan fingerprint density at radius 2 is 2.14 bits per heavy atom. The summed E-state index contributed by atoms with van der Waals surface area (Å²) in [6.07, 6.45) is 7.61. The van der Waals surface area contributed by atoms with Crippen LogP contribution < -0.4 is 5.73 Å². The lowest BCUT2D eigenvalue weighted by Crippen LogP contribution is -2.01. The Morgan fingerprint density at radius 3 is 2.90 bits per heavy atom. The summed E-state index contributed by atoms with van der Waals surface area (Å²) in [7, 11) is 0. The Kier molecular flexibility index (Phi) is 3.63. The van der Waals surface area contributed by atoms with E-state index in [2.05, 4.69) is 27.3 Å². The van der Waals surface area contributed by atoms with Gasteiger partial charge >= 0.3 is 0 Å². The summed E-state index contributed by atoms with van der Waals surface area (Å²) in [4.78, 5) is 4.54. The van der Waals surface area contributed by atoms with Crippen molar-refractivity contribution in [3.63, 3.8) is 0 Å². The Bertz CT molecular complexity index is 715. The number of nitrogen functional groups attached to an aromatic ring is 1. The molecule has 0 aromatic carbocycles. The predicted octanol–water partition coefficient (Wildman–Crippen LogP) is 1.91. The van der Waals surface area contributed by atoms with Crippen molar-refractivity contribution in [2.24, 2.45) is 0 Å². The van der Waals surface area contributed by atoms with E-state index in [1.54, 1.807) is 23.0 Å². The van der Waals surface area contributed by atoms with Gasteiger partial charge in [0, 0.05) is 30.7 Å². The molecule has 21 heavy (non-hydrogen) atoms. The monoisotopic (exact) mass is 283 g/mol. The molecule has 0 aliphatic carbocycles. The largest absolute Gasteiger partial charge is 0.399 e. The van der Waals surface area contributed by atoms with Crippen molar-refractivity contribution in [2.75, 3.05) is 5.73 Å². The van der Waals surface area contributed by atoms with Gasteiger partial charge in [-0.25, -0.2) is 9.67 Å². The van der Waals surface area contributed by atoms with Gasteiger partial charge in [-0.05, 0) is 18.6 Å². The summed E-state index contributed by atoms with van der Waals surface area (Å²) in [6, 6.07) is 5.41. The van der Waals surface area contributed by atoms with Gasteiger partial charge in [0.1, 0.15) is 5.69 Å². The zero-order valence-corrected chi connectivity index (χ0v) is 11.8. The van der Waals surface area contributed by atoms with Crippen LogP contribution in [0.1, 0.15) is 19.8 Å². The third kappa shape index (κ3) is 2.91. The molecule has 0 radical (unpaired) electrons. The standard InChI is InChI=1S/C14H17N7/c1-2-3-6-20-10-13(18-19-20)12-8-11(15)9-14(17-12)21-7-4-5-16-21/h4-5,7-10H,2-3,6H2,1H3,(H2,15,17). The molecule has 0 aliphatic rings. The molecule has 7 nitrogen and oxygen atoms in total. The van der Waals surface area contributed by atoms with E-state index in [0.717, 1.165) is 19.4 Å². The van der Waals surface area contributed by atoms with E-state index in [0.29, 0.717) is 22.9 Å². The fraction of sp³-hybridized carbons (Fsp3) is 0.286. The number of hydrogen-bond donors (Lipinski definition) is 1. The Balaban J connectivity index is 1.93. The van der Waals surface area contributed by atoms with Gasteiger partial charge in [0.15, 0.2) is 5.82 Å². The Labute approximate surface area is 122 Å². The van der Waals surface area contributed by atoms with Gasteiger partial charge in [0.25, 0.3) is 0 Å². The molecule has 0 unspecified atom stereocenters. The molecule has 7 heteroatoms. The summed E-state index contributed by atoms with van der Waals surface area (Å²) in [5.41, 5.74) is 7.98. The normalized spacial score (nSPS) is 10.9. The number of hydrogen-bond acceptors (Lipinski definition) is 5. The van der Waals surface area contributed by atoms with Crippen LogP contribution in [0.25, 0.3) is 17.2 Å². The molecule has 3 rings (SSSR count). The second kappa shape index (κ2) is 5.74. The van der Waals surface area contributed by atoms with Gasteiger partial charge in [-0.1, -0.05) is 18.6 Å². The maximum absolute atomic E-state index is 5.95. The summed E-state index contributed by atoms with van der Waals surface area (Å²) in [5, 5.41) is 12.4. The minimum absolute atomic E-state index is 0.619. The number of nitrogens with zero attached hydrogens (tertiary/aromatic N) is 6. The molecule has 0 amide bonds.